The molecular formula is C20H42Cl2Zr. The van der Waals surface area contributed by atoms with Crippen LogP contribution in [-0.2, 0) is 20.8 Å². The molecule has 2 fully saturated rings. The van der Waals surface area contributed by atoms with Crippen molar-refractivity contribution in [3.05, 3.63) is 14.9 Å². The first kappa shape index (κ1) is 29.2. The zero-order valence-electron chi connectivity index (χ0n) is 17.0. The van der Waals surface area contributed by atoms with E-state index in [2.05, 4.69) is 41.5 Å². The van der Waals surface area contributed by atoms with Crippen LogP contribution in [-0.4, -0.2) is 0 Å². The number of hydrogen-bond donors (Lipinski definition) is 0. The van der Waals surface area contributed by atoms with Gasteiger partial charge in [-0.25, -0.2) is 0 Å². The summed E-state index contributed by atoms with van der Waals surface area (Å²) in [6.07, 6.45) is 8.93. The molecule has 0 spiro atoms. The molecule has 0 aromatic carbocycles. The van der Waals surface area contributed by atoms with Crippen molar-refractivity contribution in [2.24, 2.45) is 35.5 Å². The van der Waals surface area contributed by atoms with Crippen LogP contribution in [0.25, 0.3) is 0 Å². The molecule has 0 amide bonds. The van der Waals surface area contributed by atoms with Gasteiger partial charge in [0.2, 0.25) is 0 Å². The Labute approximate surface area is 167 Å². The Hall–Kier alpha value is 1.46. The molecule has 0 bridgehead atoms. The average molecular weight is 445 g/mol. The molecule has 0 atom stereocenters. The third-order valence-corrected chi connectivity index (χ3v) is 6.32. The molecule has 2 aliphatic carbocycles. The first-order chi connectivity index (χ1) is 9.90. The second-order valence-corrected chi connectivity index (χ2v) is 11.0. The van der Waals surface area contributed by atoms with Gasteiger partial charge in [0.05, 0.1) is 0 Å². The van der Waals surface area contributed by atoms with E-state index in [1.54, 1.807) is 0 Å². The summed E-state index contributed by atoms with van der Waals surface area (Å²) in [4.78, 5) is 0. The van der Waals surface area contributed by atoms with Gasteiger partial charge in [0, 0.05) is 0 Å². The Morgan fingerprint density at radius 1 is 0.739 bits per heavy atom. The summed E-state index contributed by atoms with van der Waals surface area (Å²) in [6.45, 7) is 14.3. The average Bonchev–Trinajstić information content (AvgIpc) is 3.03. The van der Waals surface area contributed by atoms with E-state index in [0.29, 0.717) is 0 Å². The van der Waals surface area contributed by atoms with Crippen LogP contribution in [0.15, 0.2) is 0 Å². The Kier molecular flexibility index (Phi) is 21.5. The van der Waals surface area contributed by atoms with Crippen LogP contribution >= 0.6 is 17.0 Å². The fourth-order valence-electron chi connectivity index (χ4n) is 4.10. The van der Waals surface area contributed by atoms with Crippen LogP contribution < -0.4 is 0 Å². The summed E-state index contributed by atoms with van der Waals surface area (Å²) in [5, 5.41) is 0. The second-order valence-electron chi connectivity index (χ2n) is 7.31. The molecule has 0 radical (unpaired) electrons. The molecule has 0 aliphatic heterocycles. The molecular weight excluding hydrogens is 402 g/mol. The van der Waals surface area contributed by atoms with Crippen molar-refractivity contribution in [1.29, 1.82) is 0 Å². The third-order valence-electron chi connectivity index (χ3n) is 6.32. The van der Waals surface area contributed by atoms with E-state index in [1.807, 2.05) is 0 Å². The van der Waals surface area contributed by atoms with Crippen molar-refractivity contribution >= 4 is 17.0 Å². The summed E-state index contributed by atoms with van der Waals surface area (Å²) in [7, 11) is 9.87. The van der Waals surface area contributed by atoms with Crippen LogP contribution in [0.4, 0.5) is 0 Å². The Morgan fingerprint density at radius 3 is 1.22 bits per heavy atom. The second kappa shape index (κ2) is 16.9. The predicted molar refractivity (Wildman–Crippen MR) is 107 cm³/mol. The normalized spacial score (nSPS) is 32.3. The fraction of sp³-hybridized carbons (Fsp3) is 0.900. The van der Waals surface area contributed by atoms with Crippen LogP contribution in [0.1, 0.15) is 80.1 Å². The molecule has 2 rings (SSSR count). The first-order valence-electron chi connectivity index (χ1n) is 8.86. The maximum absolute atomic E-state index is 4.93. The molecule has 2 saturated carbocycles. The maximum atomic E-state index is 4.93. The van der Waals surface area contributed by atoms with Gasteiger partial charge in [0.25, 0.3) is 0 Å². The number of halogens is 2. The van der Waals surface area contributed by atoms with E-state index in [1.165, 1.54) is 38.5 Å². The molecule has 3 heteroatoms. The van der Waals surface area contributed by atoms with E-state index in [-0.39, 0.29) is 14.9 Å². The molecule has 0 unspecified atom stereocenters. The van der Waals surface area contributed by atoms with Gasteiger partial charge in [-0.3, -0.25) is 0 Å². The monoisotopic (exact) mass is 442 g/mol. The van der Waals surface area contributed by atoms with Gasteiger partial charge in [0.1, 0.15) is 0 Å². The molecule has 0 saturated heterocycles. The summed E-state index contributed by atoms with van der Waals surface area (Å²) < 4.78 is 0. The molecule has 0 heterocycles. The van der Waals surface area contributed by atoms with Gasteiger partial charge in [-0.2, -0.15) is 0 Å². The van der Waals surface area contributed by atoms with Gasteiger partial charge in [-0.1, -0.05) is 80.1 Å². The predicted octanol–water partition coefficient (Wildman–Crippen LogP) is 8.43. The molecule has 0 nitrogen and oxygen atoms in total. The van der Waals surface area contributed by atoms with Crippen LogP contribution in [0.5, 0.6) is 0 Å². The molecule has 140 valence electrons. The number of rotatable bonds is 2. The molecule has 0 aromatic rings. The van der Waals surface area contributed by atoms with Crippen molar-refractivity contribution in [3.8, 4) is 0 Å². The van der Waals surface area contributed by atoms with E-state index < -0.39 is 20.8 Å². The van der Waals surface area contributed by atoms with Crippen LogP contribution in [0, 0.1) is 50.4 Å². The zero-order valence-corrected chi connectivity index (χ0v) is 20.9. The number of hydrogen-bond acceptors (Lipinski definition) is 0. The molecule has 0 aromatic heterocycles. The van der Waals surface area contributed by atoms with Gasteiger partial charge in [-0.15, -0.1) is 0 Å². The Morgan fingerprint density at radius 2 is 1.00 bits per heavy atom. The topological polar surface area (TPSA) is 0 Å². The van der Waals surface area contributed by atoms with Crippen molar-refractivity contribution in [3.63, 3.8) is 0 Å². The van der Waals surface area contributed by atoms with Gasteiger partial charge < -0.3 is 14.9 Å². The van der Waals surface area contributed by atoms with E-state index >= 15 is 0 Å². The molecule has 23 heavy (non-hydrogen) atoms. The summed E-state index contributed by atoms with van der Waals surface area (Å²) in [5.74, 6) is 5.79. The minimum absolute atomic E-state index is 0. The Bertz CT molecular complexity index is 197. The SMILES string of the molecule is CC1C(C)C(C)C(C)C1C.CCCC1CCCC1.[CH3-].[CH3-].[Cl][Zr+2][Cl]. The van der Waals surface area contributed by atoms with Gasteiger partial charge in [-0.05, 0) is 35.5 Å². The zero-order chi connectivity index (χ0) is 16.4. The standard InChI is InChI=1S/C10H20.C8H16.2CH3.2ClH.Zr/c1-6-7(2)9(4)10(5)8(6)3;1-2-5-8-6-3-4-7-8;;;;;/h6-10H,1-5H3;8H,2-7H2,1H3;2*1H3;2*1H;/q;;2*-1;;;+4/p-2. The third kappa shape index (κ3) is 10.9. The molecule has 2 aliphatic rings. The van der Waals surface area contributed by atoms with Crippen molar-refractivity contribution in [1.82, 2.24) is 0 Å². The summed E-state index contributed by atoms with van der Waals surface area (Å²) in [5.41, 5.74) is 0. The van der Waals surface area contributed by atoms with Crippen molar-refractivity contribution in [2.45, 2.75) is 80.1 Å². The first-order valence-corrected chi connectivity index (χ1v) is 15.2. The summed E-state index contributed by atoms with van der Waals surface area (Å²) in [6, 6.07) is 0. The van der Waals surface area contributed by atoms with Crippen LogP contribution in [0.3, 0.4) is 0 Å². The fourth-order valence-corrected chi connectivity index (χ4v) is 4.10. The summed E-state index contributed by atoms with van der Waals surface area (Å²) >= 11 is -0.826. The Balaban J connectivity index is -0.000000281. The van der Waals surface area contributed by atoms with Crippen molar-refractivity contribution < 1.29 is 20.8 Å². The van der Waals surface area contributed by atoms with Crippen molar-refractivity contribution in [2.75, 3.05) is 0 Å². The quantitative estimate of drug-likeness (QED) is 0.375. The van der Waals surface area contributed by atoms with E-state index in [4.69, 9.17) is 17.0 Å². The van der Waals surface area contributed by atoms with E-state index in [0.717, 1.165) is 35.5 Å². The van der Waals surface area contributed by atoms with Crippen LogP contribution in [0.2, 0.25) is 0 Å². The molecule has 0 N–H and O–H groups in total. The minimum atomic E-state index is -0.826. The van der Waals surface area contributed by atoms with Gasteiger partial charge >= 0.3 is 37.9 Å². The van der Waals surface area contributed by atoms with E-state index in [9.17, 15) is 0 Å². The van der Waals surface area contributed by atoms with Gasteiger partial charge in [0.15, 0.2) is 0 Å².